The zero-order valence-corrected chi connectivity index (χ0v) is 11.3. The molecule has 0 aromatic carbocycles. The molecule has 5 nitrogen and oxygen atoms in total. The van der Waals surface area contributed by atoms with Crippen molar-refractivity contribution in [2.75, 3.05) is 27.3 Å². The van der Waals surface area contributed by atoms with Crippen molar-refractivity contribution < 1.29 is 9.53 Å². The molecular weight excluding hydrogens is 218 g/mol. The molecule has 100 valence electrons. The molecule has 3 N–H and O–H groups in total. The van der Waals surface area contributed by atoms with Gasteiger partial charge >= 0.3 is 0 Å². The SMILES string of the molecule is CNC(C)(CC(C)N(C)C1CCOC1)C(N)=O. The number of hydrogen-bond donors (Lipinski definition) is 2. The minimum Gasteiger partial charge on any atom is -0.380 e. The van der Waals surface area contributed by atoms with Gasteiger partial charge in [0.2, 0.25) is 5.91 Å². The second kappa shape index (κ2) is 5.80. The molecule has 0 aromatic rings. The van der Waals surface area contributed by atoms with E-state index in [1.54, 1.807) is 7.05 Å². The highest BCUT2D eigenvalue weighted by atomic mass is 16.5. The Morgan fingerprint density at radius 3 is 2.76 bits per heavy atom. The van der Waals surface area contributed by atoms with Gasteiger partial charge in [-0.2, -0.15) is 0 Å². The van der Waals surface area contributed by atoms with Gasteiger partial charge in [0, 0.05) is 18.7 Å². The van der Waals surface area contributed by atoms with E-state index >= 15 is 0 Å². The molecule has 0 bridgehead atoms. The summed E-state index contributed by atoms with van der Waals surface area (Å²) >= 11 is 0. The van der Waals surface area contributed by atoms with Crippen LogP contribution in [0.3, 0.4) is 0 Å². The van der Waals surface area contributed by atoms with Gasteiger partial charge in [0.1, 0.15) is 0 Å². The van der Waals surface area contributed by atoms with Crippen LogP contribution in [0.25, 0.3) is 0 Å². The number of nitrogens with two attached hydrogens (primary N) is 1. The minimum atomic E-state index is -0.646. The van der Waals surface area contributed by atoms with Gasteiger partial charge < -0.3 is 15.8 Å². The van der Waals surface area contributed by atoms with Gasteiger partial charge in [-0.3, -0.25) is 9.69 Å². The van der Waals surface area contributed by atoms with E-state index in [4.69, 9.17) is 10.5 Å². The third kappa shape index (κ3) is 3.40. The fraction of sp³-hybridized carbons (Fsp3) is 0.917. The molecule has 0 aromatic heterocycles. The first-order chi connectivity index (χ1) is 7.90. The lowest BCUT2D eigenvalue weighted by Gasteiger charge is -2.35. The second-order valence-corrected chi connectivity index (χ2v) is 5.18. The van der Waals surface area contributed by atoms with Crippen LogP contribution in [-0.2, 0) is 9.53 Å². The van der Waals surface area contributed by atoms with Gasteiger partial charge in [-0.15, -0.1) is 0 Å². The maximum absolute atomic E-state index is 11.4. The molecule has 1 heterocycles. The first-order valence-electron chi connectivity index (χ1n) is 6.19. The Balaban J connectivity index is 2.57. The predicted molar refractivity (Wildman–Crippen MR) is 67.7 cm³/mol. The number of nitrogens with zero attached hydrogens (tertiary/aromatic N) is 1. The monoisotopic (exact) mass is 243 g/mol. The summed E-state index contributed by atoms with van der Waals surface area (Å²) in [6, 6.07) is 0.741. The Kier molecular flexibility index (Phi) is 4.91. The van der Waals surface area contributed by atoms with Crippen LogP contribution in [0, 0.1) is 0 Å². The highest BCUT2D eigenvalue weighted by Gasteiger charge is 2.34. The molecule has 0 saturated carbocycles. The zero-order valence-electron chi connectivity index (χ0n) is 11.3. The lowest BCUT2D eigenvalue weighted by atomic mass is 9.92. The first kappa shape index (κ1) is 14.4. The summed E-state index contributed by atoms with van der Waals surface area (Å²) in [5.74, 6) is -0.303. The lowest BCUT2D eigenvalue weighted by Crippen LogP contribution is -2.55. The fourth-order valence-electron chi connectivity index (χ4n) is 2.26. The van der Waals surface area contributed by atoms with Crippen LogP contribution >= 0.6 is 0 Å². The third-order valence-corrected chi connectivity index (χ3v) is 3.98. The molecule has 1 saturated heterocycles. The number of likely N-dealkylation sites (N-methyl/N-ethyl adjacent to an activating group) is 2. The molecule has 17 heavy (non-hydrogen) atoms. The van der Waals surface area contributed by atoms with E-state index in [0.29, 0.717) is 12.5 Å². The molecule has 1 amide bonds. The molecule has 5 heteroatoms. The number of amides is 1. The lowest BCUT2D eigenvalue weighted by molar-refractivity contribution is -0.124. The summed E-state index contributed by atoms with van der Waals surface area (Å²) in [5.41, 5.74) is 4.79. The number of rotatable bonds is 6. The van der Waals surface area contributed by atoms with Crippen LogP contribution in [0.4, 0.5) is 0 Å². The normalized spacial score (nSPS) is 25.8. The molecule has 1 fully saturated rings. The van der Waals surface area contributed by atoms with Crippen molar-refractivity contribution in [2.24, 2.45) is 5.73 Å². The molecular formula is C12H25N3O2. The van der Waals surface area contributed by atoms with Crippen LogP contribution in [0.2, 0.25) is 0 Å². The zero-order chi connectivity index (χ0) is 13.1. The molecule has 3 unspecified atom stereocenters. The van der Waals surface area contributed by atoms with Gasteiger partial charge in [0.05, 0.1) is 12.1 Å². The van der Waals surface area contributed by atoms with Crippen LogP contribution in [0.15, 0.2) is 0 Å². The first-order valence-corrected chi connectivity index (χ1v) is 6.19. The average Bonchev–Trinajstić information content (AvgIpc) is 2.80. The Morgan fingerprint density at radius 2 is 2.35 bits per heavy atom. The van der Waals surface area contributed by atoms with E-state index in [2.05, 4.69) is 24.2 Å². The summed E-state index contributed by atoms with van der Waals surface area (Å²) in [4.78, 5) is 13.7. The second-order valence-electron chi connectivity index (χ2n) is 5.18. The largest absolute Gasteiger partial charge is 0.380 e. The van der Waals surface area contributed by atoms with Crippen LogP contribution in [-0.4, -0.2) is 55.7 Å². The third-order valence-electron chi connectivity index (χ3n) is 3.98. The maximum Gasteiger partial charge on any atom is 0.237 e. The van der Waals surface area contributed by atoms with Crippen LogP contribution in [0.1, 0.15) is 26.7 Å². The van der Waals surface area contributed by atoms with E-state index in [-0.39, 0.29) is 11.9 Å². The van der Waals surface area contributed by atoms with E-state index in [1.807, 2.05) is 6.92 Å². The van der Waals surface area contributed by atoms with E-state index < -0.39 is 5.54 Å². The highest BCUT2D eigenvalue weighted by Crippen LogP contribution is 2.19. The smallest absolute Gasteiger partial charge is 0.237 e. The number of nitrogens with one attached hydrogen (secondary N) is 1. The topological polar surface area (TPSA) is 67.6 Å². The Morgan fingerprint density at radius 1 is 1.71 bits per heavy atom. The molecule has 3 atom stereocenters. The predicted octanol–water partition coefficient (Wildman–Crippen LogP) is -0.0509. The maximum atomic E-state index is 11.4. The van der Waals surface area contributed by atoms with Crippen molar-refractivity contribution in [3.05, 3.63) is 0 Å². The average molecular weight is 243 g/mol. The van der Waals surface area contributed by atoms with E-state index in [9.17, 15) is 4.79 Å². The number of primary amides is 1. The molecule has 0 aliphatic carbocycles. The summed E-state index contributed by atoms with van der Waals surface area (Å²) < 4.78 is 5.38. The molecule has 0 radical (unpaired) electrons. The highest BCUT2D eigenvalue weighted by molar-refractivity contribution is 5.84. The number of carbonyl (C=O) groups excluding carboxylic acids is 1. The number of carbonyl (C=O) groups is 1. The van der Waals surface area contributed by atoms with E-state index in [1.165, 1.54) is 0 Å². The number of hydrogen-bond acceptors (Lipinski definition) is 4. The molecule has 1 aliphatic rings. The summed E-state index contributed by atoms with van der Waals surface area (Å²) in [7, 11) is 3.86. The van der Waals surface area contributed by atoms with Gasteiger partial charge in [-0.1, -0.05) is 0 Å². The van der Waals surface area contributed by atoms with Crippen LogP contribution in [0.5, 0.6) is 0 Å². The van der Waals surface area contributed by atoms with Crippen molar-refractivity contribution in [1.29, 1.82) is 0 Å². The van der Waals surface area contributed by atoms with Crippen molar-refractivity contribution >= 4 is 5.91 Å². The van der Waals surface area contributed by atoms with Gasteiger partial charge in [-0.25, -0.2) is 0 Å². The Bertz CT molecular complexity index is 266. The number of ether oxygens (including phenoxy) is 1. The van der Waals surface area contributed by atoms with Crippen LogP contribution < -0.4 is 11.1 Å². The summed E-state index contributed by atoms with van der Waals surface area (Å²) in [5, 5.41) is 3.02. The van der Waals surface area contributed by atoms with E-state index in [0.717, 1.165) is 19.6 Å². The quantitative estimate of drug-likeness (QED) is 0.686. The standard InChI is InChI=1S/C12H25N3O2/c1-9(7-12(2,14-3)11(13)16)15(4)10-5-6-17-8-10/h9-10,14H,5-8H2,1-4H3,(H2,13,16). The van der Waals surface area contributed by atoms with Crippen molar-refractivity contribution in [2.45, 2.75) is 44.3 Å². The van der Waals surface area contributed by atoms with Crippen molar-refractivity contribution in [3.8, 4) is 0 Å². The Hall–Kier alpha value is -0.650. The van der Waals surface area contributed by atoms with Gasteiger partial charge in [0.15, 0.2) is 0 Å². The molecule has 1 aliphatic heterocycles. The summed E-state index contributed by atoms with van der Waals surface area (Å²) in [6.45, 7) is 5.59. The van der Waals surface area contributed by atoms with Gasteiger partial charge in [0.25, 0.3) is 0 Å². The molecule has 0 spiro atoms. The molecule has 1 rings (SSSR count). The minimum absolute atomic E-state index is 0.284. The van der Waals surface area contributed by atoms with Gasteiger partial charge in [-0.05, 0) is 40.8 Å². The van der Waals surface area contributed by atoms with Crippen molar-refractivity contribution in [1.82, 2.24) is 10.2 Å². The fourth-order valence-corrected chi connectivity index (χ4v) is 2.26. The summed E-state index contributed by atoms with van der Waals surface area (Å²) in [6.07, 6.45) is 1.76. The Labute approximate surface area is 104 Å². The van der Waals surface area contributed by atoms with Crippen molar-refractivity contribution in [3.63, 3.8) is 0 Å².